The van der Waals surface area contributed by atoms with Crippen molar-refractivity contribution in [3.05, 3.63) is 0 Å². The van der Waals surface area contributed by atoms with Gasteiger partial charge in [0.1, 0.15) is 0 Å². The van der Waals surface area contributed by atoms with Crippen molar-refractivity contribution >= 4 is 53.4 Å². The van der Waals surface area contributed by atoms with Gasteiger partial charge >= 0.3 is 53.4 Å². The van der Waals surface area contributed by atoms with Crippen LogP contribution in [0.2, 0.25) is 0 Å². The molecule has 0 amide bonds. The van der Waals surface area contributed by atoms with Crippen molar-refractivity contribution in [2.24, 2.45) is 0 Å². The van der Waals surface area contributed by atoms with Crippen LogP contribution in [0.15, 0.2) is 0 Å². The Morgan fingerprint density at radius 2 is 0.551 bits per heavy atom. The van der Waals surface area contributed by atoms with Gasteiger partial charge in [-0.15, -0.1) is 0 Å². The zero-order valence-electron chi connectivity index (χ0n) is 31.1. The molecular formula is C40H75NaO8. The van der Waals surface area contributed by atoms with Crippen LogP contribution >= 0.6 is 0 Å². The van der Waals surface area contributed by atoms with Crippen LogP contribution in [0.4, 0.5) is 0 Å². The molecule has 284 valence electrons. The van der Waals surface area contributed by atoms with Crippen molar-refractivity contribution in [1.29, 1.82) is 0 Å². The molecule has 0 saturated carbocycles. The van der Waals surface area contributed by atoms with Gasteiger partial charge in [0.25, 0.3) is 0 Å². The molecule has 0 spiro atoms. The summed E-state index contributed by atoms with van der Waals surface area (Å²) < 4.78 is 9.17. The molecule has 0 aliphatic heterocycles. The second-order valence-corrected chi connectivity index (χ2v) is 13.9. The molecule has 49 heavy (non-hydrogen) atoms. The molecule has 0 rings (SSSR count). The minimum absolute atomic E-state index is 0. The Kier molecular flexibility index (Phi) is 39.5. The number of hydrogen-bond acceptors (Lipinski definition) is 8. The predicted molar refractivity (Wildman–Crippen MR) is 200 cm³/mol. The summed E-state index contributed by atoms with van der Waals surface area (Å²) in [6.45, 7) is 4.49. The molecule has 9 heteroatoms. The van der Waals surface area contributed by atoms with Gasteiger partial charge in [-0.3, -0.25) is 9.59 Å². The van der Waals surface area contributed by atoms with Crippen LogP contribution in [0.3, 0.4) is 0 Å². The Morgan fingerprint density at radius 3 is 0.755 bits per heavy atom. The van der Waals surface area contributed by atoms with Crippen molar-refractivity contribution < 1.29 is 38.9 Å². The molecule has 0 aromatic carbocycles. The zero-order chi connectivity index (χ0) is 35.5. The van der Waals surface area contributed by atoms with Crippen LogP contribution in [0.25, 0.3) is 0 Å². The Bertz CT molecular complexity index is 726. The SMILES string of the molecule is CCCCCCCCCCCCCCCCCC(=O)OC(=O)C(O)C(O)C(=O)OC(=O)CCCCCCCCCCCCCCCCC.[NaH]. The summed E-state index contributed by atoms with van der Waals surface area (Å²) in [4.78, 5) is 48.0. The van der Waals surface area contributed by atoms with E-state index in [1.165, 1.54) is 141 Å². The molecule has 0 bridgehead atoms. The molecule has 0 aliphatic carbocycles. The fourth-order valence-electron chi connectivity index (χ4n) is 5.99. The van der Waals surface area contributed by atoms with Crippen molar-refractivity contribution in [2.45, 2.75) is 232 Å². The first kappa shape index (κ1) is 50.3. The standard InChI is InChI=1S/C40H74O8.Na.H/c1-3-5-7-9-11-13-15-17-19-21-23-25-27-29-31-33-35(41)47-39(45)37(43)38(44)40(46)48-36(42)34-32-30-28-26-24-22-20-18-16-14-12-10-8-6-4-2;;/h37-38,43-44H,3-34H2,1-2H3;;. The fourth-order valence-corrected chi connectivity index (χ4v) is 5.99. The van der Waals surface area contributed by atoms with Crippen LogP contribution in [0.5, 0.6) is 0 Å². The van der Waals surface area contributed by atoms with E-state index in [0.717, 1.165) is 38.5 Å². The Hall–Kier alpha value is -0.800. The molecular weight excluding hydrogens is 631 g/mol. The number of unbranched alkanes of at least 4 members (excludes halogenated alkanes) is 28. The molecule has 8 nitrogen and oxygen atoms in total. The first-order valence-corrected chi connectivity index (χ1v) is 20.2. The average molecular weight is 707 g/mol. The first-order valence-electron chi connectivity index (χ1n) is 20.2. The molecule has 2 atom stereocenters. The molecule has 0 saturated heterocycles. The number of aliphatic hydroxyl groups is 2. The quantitative estimate of drug-likeness (QED) is 0.0289. The van der Waals surface area contributed by atoms with Gasteiger partial charge in [0.15, 0.2) is 12.2 Å². The van der Waals surface area contributed by atoms with Crippen molar-refractivity contribution in [1.82, 2.24) is 0 Å². The monoisotopic (exact) mass is 707 g/mol. The normalized spacial score (nSPS) is 12.2. The summed E-state index contributed by atoms with van der Waals surface area (Å²) in [5, 5.41) is 19.9. The molecule has 2 N–H and O–H groups in total. The van der Waals surface area contributed by atoms with Gasteiger partial charge in [-0.05, 0) is 12.8 Å². The van der Waals surface area contributed by atoms with Crippen LogP contribution in [0, 0.1) is 0 Å². The van der Waals surface area contributed by atoms with E-state index in [2.05, 4.69) is 23.3 Å². The third-order valence-electron chi connectivity index (χ3n) is 9.18. The molecule has 0 aliphatic rings. The van der Waals surface area contributed by atoms with Crippen molar-refractivity contribution in [3.8, 4) is 0 Å². The topological polar surface area (TPSA) is 127 Å². The van der Waals surface area contributed by atoms with Crippen molar-refractivity contribution in [3.63, 3.8) is 0 Å². The predicted octanol–water partition coefficient (Wildman–Crippen LogP) is 9.72. The van der Waals surface area contributed by atoms with E-state index >= 15 is 0 Å². The minimum atomic E-state index is -2.30. The van der Waals surface area contributed by atoms with Crippen molar-refractivity contribution in [2.75, 3.05) is 0 Å². The second kappa shape index (κ2) is 38.4. The van der Waals surface area contributed by atoms with E-state index in [0.29, 0.717) is 12.8 Å². The maximum atomic E-state index is 12.0. The molecule has 0 heterocycles. The van der Waals surface area contributed by atoms with E-state index in [4.69, 9.17) is 0 Å². The molecule has 0 aromatic rings. The summed E-state index contributed by atoms with van der Waals surface area (Å²) in [7, 11) is 0. The Balaban J connectivity index is 0. The Morgan fingerprint density at radius 1 is 0.367 bits per heavy atom. The average Bonchev–Trinajstić information content (AvgIpc) is 3.07. The maximum absolute atomic E-state index is 12.0. The van der Waals surface area contributed by atoms with E-state index in [9.17, 15) is 29.4 Å². The number of ether oxygens (including phenoxy) is 2. The van der Waals surface area contributed by atoms with Crippen LogP contribution in [-0.2, 0) is 28.7 Å². The number of carbonyl (C=O) groups excluding carboxylic acids is 4. The summed E-state index contributed by atoms with van der Waals surface area (Å²) in [6, 6.07) is 0. The van der Waals surface area contributed by atoms with E-state index in [1.807, 2.05) is 0 Å². The Labute approximate surface area is 322 Å². The van der Waals surface area contributed by atoms with Gasteiger partial charge < -0.3 is 19.7 Å². The summed E-state index contributed by atoms with van der Waals surface area (Å²) >= 11 is 0. The van der Waals surface area contributed by atoms with E-state index in [1.54, 1.807) is 0 Å². The fraction of sp³-hybridized carbons (Fsp3) is 0.900. The summed E-state index contributed by atoms with van der Waals surface area (Å²) in [5.41, 5.74) is 0. The first-order chi connectivity index (χ1) is 23.3. The van der Waals surface area contributed by atoms with Crippen LogP contribution < -0.4 is 0 Å². The third kappa shape index (κ3) is 34.1. The van der Waals surface area contributed by atoms with Gasteiger partial charge in [0.05, 0.1) is 0 Å². The molecule has 0 fully saturated rings. The third-order valence-corrected chi connectivity index (χ3v) is 9.18. The number of hydrogen-bond donors (Lipinski definition) is 2. The number of carbonyl (C=O) groups is 4. The molecule has 0 radical (unpaired) electrons. The van der Waals surface area contributed by atoms with Crippen LogP contribution in [0.1, 0.15) is 219 Å². The van der Waals surface area contributed by atoms with Gasteiger partial charge in [-0.1, -0.05) is 194 Å². The van der Waals surface area contributed by atoms with E-state index in [-0.39, 0.29) is 42.4 Å². The van der Waals surface area contributed by atoms with Gasteiger partial charge in [-0.25, -0.2) is 9.59 Å². The number of rotatable bonds is 35. The molecule has 2 unspecified atom stereocenters. The second-order valence-electron chi connectivity index (χ2n) is 13.9. The van der Waals surface area contributed by atoms with Crippen LogP contribution in [-0.4, -0.2) is 75.9 Å². The van der Waals surface area contributed by atoms with Gasteiger partial charge in [0.2, 0.25) is 0 Å². The van der Waals surface area contributed by atoms with E-state index < -0.39 is 36.1 Å². The number of esters is 4. The molecule has 0 aromatic heterocycles. The zero-order valence-corrected chi connectivity index (χ0v) is 31.1. The van der Waals surface area contributed by atoms with Gasteiger partial charge in [-0.2, -0.15) is 0 Å². The summed E-state index contributed by atoms with van der Waals surface area (Å²) in [6.07, 6.45) is 31.3. The van der Waals surface area contributed by atoms with Gasteiger partial charge in [0, 0.05) is 12.8 Å². The summed E-state index contributed by atoms with van der Waals surface area (Å²) in [5.74, 6) is -4.50. The number of aliphatic hydroxyl groups excluding tert-OH is 2.